The van der Waals surface area contributed by atoms with Crippen LogP contribution in [0.2, 0.25) is 0 Å². The number of hydrogen-bond donors (Lipinski definition) is 3. The van der Waals surface area contributed by atoms with Crippen LogP contribution in [0, 0.1) is 12.7 Å². The zero-order valence-electron chi connectivity index (χ0n) is 15.9. The van der Waals surface area contributed by atoms with Gasteiger partial charge in [-0.25, -0.2) is 4.39 Å². The van der Waals surface area contributed by atoms with Gasteiger partial charge in [0.25, 0.3) is 5.91 Å². The maximum absolute atomic E-state index is 14.2. The fourth-order valence-corrected chi connectivity index (χ4v) is 4.01. The number of rotatable bonds is 4. The largest absolute Gasteiger partial charge is 0.385 e. The van der Waals surface area contributed by atoms with Crippen LogP contribution in [0.5, 0.6) is 0 Å². The second-order valence-electron chi connectivity index (χ2n) is 7.80. The highest BCUT2D eigenvalue weighted by molar-refractivity contribution is 6.00. The third kappa shape index (κ3) is 3.59. The molecular formula is C21H25FN4O2. The Labute approximate surface area is 163 Å². The average Bonchev–Trinajstić information content (AvgIpc) is 2.68. The van der Waals surface area contributed by atoms with Gasteiger partial charge in [-0.2, -0.15) is 0 Å². The highest BCUT2D eigenvalue weighted by atomic mass is 19.1. The Balaban J connectivity index is 1.48. The first-order chi connectivity index (χ1) is 13.5. The third-order valence-corrected chi connectivity index (χ3v) is 5.62. The zero-order valence-corrected chi connectivity index (χ0v) is 15.9. The lowest BCUT2D eigenvalue weighted by atomic mass is 9.81. The summed E-state index contributed by atoms with van der Waals surface area (Å²) < 4.78 is 14.2. The molecular weight excluding hydrogens is 359 g/mol. The van der Waals surface area contributed by atoms with E-state index >= 15 is 0 Å². The van der Waals surface area contributed by atoms with Crippen LogP contribution in [0.4, 0.5) is 15.8 Å². The first-order valence-electron chi connectivity index (χ1n) is 9.68. The number of halogens is 1. The lowest BCUT2D eigenvalue weighted by Crippen LogP contribution is -2.72. The predicted octanol–water partition coefficient (Wildman–Crippen LogP) is 2.60. The molecule has 0 bridgehead atoms. The fourth-order valence-electron chi connectivity index (χ4n) is 4.01. The molecule has 7 heteroatoms. The third-order valence-electron chi connectivity index (χ3n) is 5.62. The van der Waals surface area contributed by atoms with Crippen molar-refractivity contribution in [3.63, 3.8) is 0 Å². The number of pyridine rings is 1. The summed E-state index contributed by atoms with van der Waals surface area (Å²) in [6.07, 6.45) is 6.19. The van der Waals surface area contributed by atoms with E-state index in [4.69, 9.17) is 0 Å². The molecule has 0 radical (unpaired) electrons. The maximum atomic E-state index is 14.2. The van der Waals surface area contributed by atoms with Gasteiger partial charge in [-0.3, -0.25) is 9.78 Å². The van der Waals surface area contributed by atoms with Gasteiger partial charge < -0.3 is 20.6 Å². The first kappa shape index (κ1) is 18.8. The smallest absolute Gasteiger partial charge is 0.256 e. The molecule has 2 aliphatic heterocycles. The van der Waals surface area contributed by atoms with Gasteiger partial charge in [-0.15, -0.1) is 0 Å². The summed E-state index contributed by atoms with van der Waals surface area (Å²) >= 11 is 0. The van der Waals surface area contributed by atoms with Gasteiger partial charge in [-0.05, 0) is 50.1 Å². The van der Waals surface area contributed by atoms with Crippen molar-refractivity contribution in [2.24, 2.45) is 0 Å². The van der Waals surface area contributed by atoms with Crippen molar-refractivity contribution < 1.29 is 14.3 Å². The van der Waals surface area contributed by atoms with Crippen LogP contribution < -0.4 is 10.6 Å². The lowest BCUT2D eigenvalue weighted by Gasteiger charge is -2.51. The molecule has 28 heavy (non-hydrogen) atoms. The highest BCUT2D eigenvalue weighted by Crippen LogP contribution is 2.32. The number of nitrogens with zero attached hydrogens (tertiary/aromatic N) is 2. The Morgan fingerprint density at radius 2 is 2.14 bits per heavy atom. The van der Waals surface area contributed by atoms with Crippen molar-refractivity contribution in [1.29, 1.82) is 0 Å². The first-order valence-corrected chi connectivity index (χ1v) is 9.68. The molecule has 1 atom stereocenters. The van der Waals surface area contributed by atoms with E-state index in [0.717, 1.165) is 31.4 Å². The van der Waals surface area contributed by atoms with Gasteiger partial charge in [0.15, 0.2) is 0 Å². The van der Waals surface area contributed by atoms with E-state index in [0.29, 0.717) is 30.0 Å². The molecule has 1 amide bonds. The SMILES string of the molecule is Cc1ccc(Nc2cnccc2C(=O)N2CC(O)([C@@H]3CCCCN3)C2)c(F)c1. The molecule has 2 aliphatic rings. The Morgan fingerprint density at radius 1 is 1.32 bits per heavy atom. The molecule has 0 saturated carbocycles. The van der Waals surface area contributed by atoms with Gasteiger partial charge >= 0.3 is 0 Å². The van der Waals surface area contributed by atoms with Crippen molar-refractivity contribution in [2.45, 2.75) is 37.8 Å². The van der Waals surface area contributed by atoms with E-state index in [1.165, 1.54) is 12.3 Å². The van der Waals surface area contributed by atoms with E-state index < -0.39 is 5.60 Å². The molecule has 2 saturated heterocycles. The van der Waals surface area contributed by atoms with Crippen LogP contribution >= 0.6 is 0 Å². The summed E-state index contributed by atoms with van der Waals surface area (Å²) in [5.41, 5.74) is 1.09. The number of aliphatic hydroxyl groups is 1. The summed E-state index contributed by atoms with van der Waals surface area (Å²) in [4.78, 5) is 18.7. The van der Waals surface area contributed by atoms with Crippen LogP contribution in [-0.4, -0.2) is 52.2 Å². The van der Waals surface area contributed by atoms with E-state index in [-0.39, 0.29) is 17.8 Å². The number of amides is 1. The minimum absolute atomic E-state index is 0.0296. The number of anilines is 2. The summed E-state index contributed by atoms with van der Waals surface area (Å²) in [6, 6.07) is 6.53. The van der Waals surface area contributed by atoms with Gasteiger partial charge in [0.1, 0.15) is 11.4 Å². The van der Waals surface area contributed by atoms with Crippen molar-refractivity contribution >= 4 is 17.3 Å². The summed E-state index contributed by atoms with van der Waals surface area (Å²) in [6.45, 7) is 3.31. The Kier molecular flexibility index (Phi) is 5.03. The Hall–Kier alpha value is -2.51. The van der Waals surface area contributed by atoms with Crippen LogP contribution in [0.1, 0.15) is 35.2 Å². The molecule has 0 unspecified atom stereocenters. The molecule has 6 nitrogen and oxygen atoms in total. The van der Waals surface area contributed by atoms with Crippen LogP contribution in [0.15, 0.2) is 36.7 Å². The predicted molar refractivity (Wildman–Crippen MR) is 105 cm³/mol. The van der Waals surface area contributed by atoms with Gasteiger partial charge in [0, 0.05) is 12.2 Å². The van der Waals surface area contributed by atoms with Crippen molar-refractivity contribution in [1.82, 2.24) is 15.2 Å². The van der Waals surface area contributed by atoms with Gasteiger partial charge in [0.05, 0.1) is 36.2 Å². The molecule has 148 valence electrons. The molecule has 4 rings (SSSR count). The number of piperidine rings is 1. The Bertz CT molecular complexity index is 876. The van der Waals surface area contributed by atoms with E-state index in [1.807, 2.05) is 6.92 Å². The number of benzene rings is 1. The fraction of sp³-hybridized carbons (Fsp3) is 0.429. The average molecular weight is 384 g/mol. The van der Waals surface area contributed by atoms with Gasteiger partial charge in [0.2, 0.25) is 0 Å². The second-order valence-corrected chi connectivity index (χ2v) is 7.80. The quantitative estimate of drug-likeness (QED) is 0.755. The molecule has 3 N–H and O–H groups in total. The molecule has 2 fully saturated rings. The van der Waals surface area contributed by atoms with Crippen molar-refractivity contribution in [2.75, 3.05) is 25.0 Å². The van der Waals surface area contributed by atoms with E-state index in [1.54, 1.807) is 29.3 Å². The van der Waals surface area contributed by atoms with Crippen LogP contribution in [0.3, 0.4) is 0 Å². The van der Waals surface area contributed by atoms with E-state index in [2.05, 4.69) is 15.6 Å². The minimum atomic E-state index is -0.875. The second kappa shape index (κ2) is 7.48. The number of carbonyl (C=O) groups excluding carboxylic acids is 1. The van der Waals surface area contributed by atoms with Crippen LogP contribution in [-0.2, 0) is 0 Å². The maximum Gasteiger partial charge on any atom is 0.256 e. The van der Waals surface area contributed by atoms with Gasteiger partial charge in [-0.1, -0.05) is 12.5 Å². The molecule has 1 aromatic heterocycles. The van der Waals surface area contributed by atoms with Crippen LogP contribution in [0.25, 0.3) is 0 Å². The standard InChI is InChI=1S/C21H25FN4O2/c1-14-5-6-17(16(22)10-14)25-18-11-23-9-7-15(18)20(27)26-12-21(28,13-26)19-4-2-3-8-24-19/h5-7,9-11,19,24-25,28H,2-4,8,12-13H2,1H3/t19-/m0/s1. The highest BCUT2D eigenvalue weighted by Gasteiger charge is 2.49. The topological polar surface area (TPSA) is 77.5 Å². The molecule has 3 heterocycles. The molecule has 1 aromatic carbocycles. The summed E-state index contributed by atoms with van der Waals surface area (Å²) in [5, 5.41) is 17.2. The number of hydrogen-bond acceptors (Lipinski definition) is 5. The summed E-state index contributed by atoms with van der Waals surface area (Å²) in [7, 11) is 0. The number of likely N-dealkylation sites (tertiary alicyclic amines) is 1. The number of nitrogens with one attached hydrogen (secondary N) is 2. The minimum Gasteiger partial charge on any atom is -0.385 e. The van der Waals surface area contributed by atoms with E-state index in [9.17, 15) is 14.3 Å². The number of aryl methyl sites for hydroxylation is 1. The summed E-state index contributed by atoms with van der Waals surface area (Å²) in [5.74, 6) is -0.582. The number of β-amino-alcohol motifs (C(OH)–C–C–N with tert-alkyl or cyclic N) is 1. The molecule has 0 aliphatic carbocycles. The normalized spacial score (nSPS) is 21.1. The zero-order chi connectivity index (χ0) is 19.7. The molecule has 0 spiro atoms. The van der Waals surface area contributed by atoms with Crippen molar-refractivity contribution in [3.05, 3.63) is 53.6 Å². The number of carbonyl (C=O) groups is 1. The van der Waals surface area contributed by atoms with Crippen molar-refractivity contribution in [3.8, 4) is 0 Å². The number of aromatic nitrogens is 1. The molecule has 2 aromatic rings. The lowest BCUT2D eigenvalue weighted by molar-refractivity contribution is -0.108. The Morgan fingerprint density at radius 3 is 2.86 bits per heavy atom. The monoisotopic (exact) mass is 384 g/mol.